The molecule has 0 amide bonds. The van der Waals surface area contributed by atoms with E-state index in [9.17, 15) is 9.90 Å². The van der Waals surface area contributed by atoms with Gasteiger partial charge in [0.05, 0.1) is 6.61 Å². The average Bonchev–Trinajstić information content (AvgIpc) is 2.81. The summed E-state index contributed by atoms with van der Waals surface area (Å²) in [7, 11) is 1.92. The summed E-state index contributed by atoms with van der Waals surface area (Å²) in [5.41, 5.74) is 5.17. The number of rotatable bonds is 11. The van der Waals surface area contributed by atoms with Gasteiger partial charge in [0.1, 0.15) is 12.0 Å². The van der Waals surface area contributed by atoms with Gasteiger partial charge >= 0.3 is 0 Å². The van der Waals surface area contributed by atoms with E-state index < -0.39 is 6.23 Å². The zero-order valence-corrected chi connectivity index (χ0v) is 19.4. The predicted octanol–water partition coefficient (Wildman–Crippen LogP) is 3.43. The van der Waals surface area contributed by atoms with Gasteiger partial charge in [0.25, 0.3) is 5.56 Å². The molecule has 33 heavy (non-hydrogen) atoms. The Kier molecular flexibility index (Phi) is 8.54. The van der Waals surface area contributed by atoms with Gasteiger partial charge in [0.15, 0.2) is 0 Å². The molecule has 1 unspecified atom stereocenters. The van der Waals surface area contributed by atoms with Crippen molar-refractivity contribution in [1.29, 1.82) is 5.41 Å². The third-order valence-corrected chi connectivity index (χ3v) is 5.53. The van der Waals surface area contributed by atoms with Crippen molar-refractivity contribution in [3.63, 3.8) is 0 Å². The molecule has 3 rings (SSSR count). The fraction of sp³-hybridized carbons (Fsp3) is 0.308. The Bertz CT molecular complexity index is 1140. The van der Waals surface area contributed by atoms with Crippen LogP contribution in [-0.4, -0.2) is 36.5 Å². The maximum atomic E-state index is 12.3. The highest BCUT2D eigenvalue weighted by Crippen LogP contribution is 2.27. The van der Waals surface area contributed by atoms with Crippen LogP contribution in [0.3, 0.4) is 0 Å². The molecule has 1 heterocycles. The van der Waals surface area contributed by atoms with Crippen molar-refractivity contribution < 1.29 is 9.84 Å². The Morgan fingerprint density at radius 3 is 2.52 bits per heavy atom. The highest BCUT2D eigenvalue weighted by atomic mass is 16.5. The van der Waals surface area contributed by atoms with E-state index in [1.54, 1.807) is 0 Å². The average molecular weight is 449 g/mol. The van der Waals surface area contributed by atoms with Crippen LogP contribution in [0.1, 0.15) is 40.6 Å². The third-order valence-electron chi connectivity index (χ3n) is 5.53. The molecule has 1 atom stereocenters. The van der Waals surface area contributed by atoms with Crippen LogP contribution < -0.4 is 20.9 Å². The second kappa shape index (κ2) is 11.6. The van der Waals surface area contributed by atoms with E-state index in [1.807, 2.05) is 69.4 Å². The molecule has 0 saturated heterocycles. The molecule has 3 aromatic rings. The van der Waals surface area contributed by atoms with E-state index in [1.165, 1.54) is 6.21 Å². The van der Waals surface area contributed by atoms with E-state index in [0.29, 0.717) is 23.3 Å². The van der Waals surface area contributed by atoms with Crippen LogP contribution >= 0.6 is 0 Å². The molecule has 174 valence electrons. The Morgan fingerprint density at radius 2 is 1.85 bits per heavy atom. The Hall–Kier alpha value is -3.26. The molecule has 0 saturated carbocycles. The maximum Gasteiger partial charge on any atom is 0.252 e. The number of aryl methyl sites for hydroxylation is 2. The van der Waals surface area contributed by atoms with E-state index in [4.69, 9.17) is 10.1 Å². The van der Waals surface area contributed by atoms with Gasteiger partial charge < -0.3 is 25.6 Å². The SMILES string of the molecule is CNCCCOc1ccc(-c2ccc(C=N)c(C(O)NCc3c(C)cc(C)[nH]c3=O)c2)cc1. The highest BCUT2D eigenvalue weighted by Gasteiger charge is 2.14. The first-order valence-corrected chi connectivity index (χ1v) is 11.1. The number of aromatic amines is 1. The Morgan fingerprint density at radius 1 is 1.12 bits per heavy atom. The first-order valence-electron chi connectivity index (χ1n) is 11.1. The zero-order chi connectivity index (χ0) is 23.8. The lowest BCUT2D eigenvalue weighted by Crippen LogP contribution is -2.27. The summed E-state index contributed by atoms with van der Waals surface area (Å²) in [4.78, 5) is 15.1. The molecule has 0 aliphatic carbocycles. The molecule has 1 aromatic heterocycles. The van der Waals surface area contributed by atoms with E-state index >= 15 is 0 Å². The smallest absolute Gasteiger partial charge is 0.252 e. The number of aliphatic hydroxyl groups excluding tert-OH is 1. The lowest BCUT2D eigenvalue weighted by molar-refractivity contribution is 0.137. The fourth-order valence-electron chi connectivity index (χ4n) is 3.72. The van der Waals surface area contributed by atoms with Crippen molar-refractivity contribution >= 4 is 6.21 Å². The fourth-order valence-corrected chi connectivity index (χ4v) is 3.72. The summed E-state index contributed by atoms with van der Waals surface area (Å²) >= 11 is 0. The second-order valence-electron chi connectivity index (χ2n) is 8.04. The molecule has 7 heteroatoms. The summed E-state index contributed by atoms with van der Waals surface area (Å²) in [6.07, 6.45) is 1.12. The summed E-state index contributed by atoms with van der Waals surface area (Å²) in [5, 5.41) is 24.7. The van der Waals surface area contributed by atoms with Gasteiger partial charge in [0, 0.05) is 29.6 Å². The standard InChI is InChI=1S/C26H32N4O3/c1-17-13-18(2)30-26(32)24(17)16-29-25(31)23-14-20(5-6-21(23)15-27)19-7-9-22(10-8-19)33-12-4-11-28-3/h5-10,13-15,25,27-29,31H,4,11-12,16H2,1-3H3,(H,30,32). The van der Waals surface area contributed by atoms with Crippen molar-refractivity contribution in [1.82, 2.24) is 15.6 Å². The molecule has 0 spiro atoms. The number of aliphatic hydroxyl groups is 1. The number of H-pyrrole nitrogens is 1. The molecular formula is C26H32N4O3. The normalized spacial score (nSPS) is 11.9. The molecule has 0 bridgehead atoms. The van der Waals surface area contributed by atoms with Crippen LogP contribution in [0.4, 0.5) is 0 Å². The third kappa shape index (κ3) is 6.38. The van der Waals surface area contributed by atoms with Gasteiger partial charge in [-0.1, -0.05) is 24.3 Å². The van der Waals surface area contributed by atoms with Crippen molar-refractivity contribution in [2.75, 3.05) is 20.2 Å². The predicted molar refractivity (Wildman–Crippen MR) is 132 cm³/mol. The summed E-state index contributed by atoms with van der Waals surface area (Å²) in [5.74, 6) is 0.812. The van der Waals surface area contributed by atoms with Crippen LogP contribution in [0, 0.1) is 19.3 Å². The lowest BCUT2D eigenvalue weighted by Gasteiger charge is -2.17. The number of ether oxygens (including phenoxy) is 1. The number of benzene rings is 2. The van der Waals surface area contributed by atoms with Gasteiger partial charge in [0.2, 0.25) is 0 Å². The zero-order valence-electron chi connectivity index (χ0n) is 19.4. The number of hydrogen-bond acceptors (Lipinski definition) is 6. The van der Waals surface area contributed by atoms with Gasteiger partial charge in [-0.25, -0.2) is 0 Å². The maximum absolute atomic E-state index is 12.3. The lowest BCUT2D eigenvalue weighted by atomic mass is 9.98. The van der Waals surface area contributed by atoms with Gasteiger partial charge in [-0.05, 0) is 80.4 Å². The van der Waals surface area contributed by atoms with E-state index in [0.717, 1.165) is 41.1 Å². The van der Waals surface area contributed by atoms with Gasteiger partial charge in [-0.3, -0.25) is 10.1 Å². The molecule has 7 nitrogen and oxygen atoms in total. The van der Waals surface area contributed by atoms with Crippen LogP contribution in [0.25, 0.3) is 11.1 Å². The van der Waals surface area contributed by atoms with Gasteiger partial charge in [-0.15, -0.1) is 0 Å². The number of aromatic nitrogens is 1. The molecular weight excluding hydrogens is 416 g/mol. The first-order chi connectivity index (χ1) is 15.9. The topological polar surface area (TPSA) is 110 Å². The minimum Gasteiger partial charge on any atom is -0.494 e. The summed E-state index contributed by atoms with van der Waals surface area (Å²) in [6.45, 7) is 5.49. The van der Waals surface area contributed by atoms with Gasteiger partial charge in [-0.2, -0.15) is 0 Å². The number of pyridine rings is 1. The number of nitrogens with one attached hydrogen (secondary N) is 4. The number of hydrogen-bond donors (Lipinski definition) is 5. The monoisotopic (exact) mass is 448 g/mol. The Labute approximate surface area is 194 Å². The largest absolute Gasteiger partial charge is 0.494 e. The van der Waals surface area contributed by atoms with Crippen molar-refractivity contribution in [3.8, 4) is 16.9 Å². The molecule has 5 N–H and O–H groups in total. The van der Waals surface area contributed by atoms with Crippen molar-refractivity contribution in [2.45, 2.75) is 33.0 Å². The first kappa shape index (κ1) is 24.4. The summed E-state index contributed by atoms with van der Waals surface area (Å²) < 4.78 is 5.75. The minimum atomic E-state index is -1.03. The molecule has 0 fully saturated rings. The second-order valence-corrected chi connectivity index (χ2v) is 8.04. The van der Waals surface area contributed by atoms with Crippen molar-refractivity contribution in [2.24, 2.45) is 0 Å². The van der Waals surface area contributed by atoms with Crippen LogP contribution in [0.15, 0.2) is 53.3 Å². The van der Waals surface area contributed by atoms with Crippen molar-refractivity contribution in [3.05, 3.63) is 86.8 Å². The molecule has 0 aliphatic heterocycles. The molecule has 0 radical (unpaired) electrons. The minimum absolute atomic E-state index is 0.165. The van der Waals surface area contributed by atoms with Crippen LogP contribution in [0.2, 0.25) is 0 Å². The van der Waals surface area contributed by atoms with E-state index in [-0.39, 0.29) is 12.1 Å². The molecule has 0 aliphatic rings. The quantitative estimate of drug-likeness (QED) is 0.175. The molecule has 2 aromatic carbocycles. The Balaban J connectivity index is 1.75. The van der Waals surface area contributed by atoms with Crippen LogP contribution in [0.5, 0.6) is 5.75 Å². The van der Waals surface area contributed by atoms with Crippen LogP contribution in [-0.2, 0) is 6.54 Å². The van der Waals surface area contributed by atoms with E-state index in [2.05, 4.69) is 15.6 Å². The highest BCUT2D eigenvalue weighted by molar-refractivity contribution is 5.81. The summed E-state index contributed by atoms with van der Waals surface area (Å²) in [6, 6.07) is 15.3.